The largest absolute Gasteiger partial charge is 0.468 e. The lowest BCUT2D eigenvalue weighted by Crippen LogP contribution is -2.34. The molecule has 0 fully saturated rings. The quantitative estimate of drug-likeness (QED) is 0.449. The van der Waals surface area contributed by atoms with Gasteiger partial charge in [-0.05, 0) is 12.1 Å². The molecule has 7 nitrogen and oxygen atoms in total. The number of nitrogens with two attached hydrogens (primary N) is 1. The topological polar surface area (TPSA) is 109 Å². The van der Waals surface area contributed by atoms with Crippen molar-refractivity contribution in [3.8, 4) is 0 Å². The molecule has 0 unspecified atom stereocenters. The standard InChI is InChI=1S/C11H12N2O5/c1-17-10(15)7(11(16)18-2)8(14)6-4-3-5-13-9(6)12/h3-5,7H,1-2H3,(H2,12,13). The molecule has 0 amide bonds. The number of anilines is 1. The Morgan fingerprint density at radius 3 is 2.22 bits per heavy atom. The summed E-state index contributed by atoms with van der Waals surface area (Å²) in [6, 6.07) is 2.83. The molecule has 0 bridgehead atoms. The van der Waals surface area contributed by atoms with E-state index in [1.54, 1.807) is 0 Å². The Morgan fingerprint density at radius 2 is 1.78 bits per heavy atom. The van der Waals surface area contributed by atoms with E-state index in [2.05, 4.69) is 14.5 Å². The first-order chi connectivity index (χ1) is 8.52. The Morgan fingerprint density at radius 1 is 1.22 bits per heavy atom. The summed E-state index contributed by atoms with van der Waals surface area (Å²) in [5.74, 6) is -4.57. The van der Waals surface area contributed by atoms with Crippen LogP contribution in [0.1, 0.15) is 10.4 Å². The van der Waals surface area contributed by atoms with Crippen LogP contribution in [-0.4, -0.2) is 36.9 Å². The number of ether oxygens (including phenoxy) is 2. The molecular formula is C11H12N2O5. The van der Waals surface area contributed by atoms with Gasteiger partial charge in [-0.1, -0.05) is 0 Å². The molecule has 0 aromatic carbocycles. The van der Waals surface area contributed by atoms with Crippen molar-refractivity contribution >= 4 is 23.5 Å². The number of rotatable bonds is 4. The smallest absolute Gasteiger partial charge is 0.328 e. The maximum absolute atomic E-state index is 12.0. The van der Waals surface area contributed by atoms with Crippen LogP contribution in [0, 0.1) is 5.92 Å². The van der Waals surface area contributed by atoms with E-state index in [0.29, 0.717) is 0 Å². The van der Waals surface area contributed by atoms with Gasteiger partial charge in [0.15, 0.2) is 5.78 Å². The molecule has 1 aromatic heterocycles. The van der Waals surface area contributed by atoms with Crippen LogP contribution in [0.3, 0.4) is 0 Å². The average molecular weight is 252 g/mol. The van der Waals surface area contributed by atoms with Gasteiger partial charge in [0, 0.05) is 6.20 Å². The van der Waals surface area contributed by atoms with Crippen LogP contribution in [0.25, 0.3) is 0 Å². The second kappa shape index (κ2) is 5.76. The van der Waals surface area contributed by atoms with E-state index in [0.717, 1.165) is 14.2 Å². The van der Waals surface area contributed by atoms with Crippen LogP contribution in [0.15, 0.2) is 18.3 Å². The molecule has 7 heteroatoms. The van der Waals surface area contributed by atoms with Crippen LogP contribution in [0.5, 0.6) is 0 Å². The zero-order valence-corrected chi connectivity index (χ0v) is 9.88. The fraction of sp³-hybridized carbons (Fsp3) is 0.273. The number of carbonyl (C=O) groups excluding carboxylic acids is 3. The number of Topliss-reactive ketones (excluding diaryl/α,β-unsaturated/α-hetero) is 1. The fourth-order valence-corrected chi connectivity index (χ4v) is 1.33. The first-order valence-corrected chi connectivity index (χ1v) is 4.93. The molecule has 0 aliphatic carbocycles. The summed E-state index contributed by atoms with van der Waals surface area (Å²) >= 11 is 0. The molecule has 1 rings (SSSR count). The molecule has 2 N–H and O–H groups in total. The van der Waals surface area contributed by atoms with Crippen LogP contribution in [0.2, 0.25) is 0 Å². The van der Waals surface area contributed by atoms with Gasteiger partial charge >= 0.3 is 11.9 Å². The number of hydrogen-bond donors (Lipinski definition) is 1. The van der Waals surface area contributed by atoms with E-state index in [-0.39, 0.29) is 11.4 Å². The molecule has 0 spiro atoms. The van der Waals surface area contributed by atoms with E-state index in [1.807, 2.05) is 0 Å². The highest BCUT2D eigenvalue weighted by atomic mass is 16.5. The summed E-state index contributed by atoms with van der Waals surface area (Å²) in [5.41, 5.74) is 5.48. The molecule has 0 saturated carbocycles. The highest BCUT2D eigenvalue weighted by molar-refractivity contribution is 6.21. The van der Waals surface area contributed by atoms with Crippen molar-refractivity contribution in [2.45, 2.75) is 0 Å². The molecular weight excluding hydrogens is 240 g/mol. The highest BCUT2D eigenvalue weighted by Crippen LogP contribution is 2.16. The van der Waals surface area contributed by atoms with Crippen molar-refractivity contribution in [2.24, 2.45) is 5.92 Å². The minimum Gasteiger partial charge on any atom is -0.468 e. The Balaban J connectivity index is 3.15. The second-order valence-electron chi connectivity index (χ2n) is 3.28. The number of aromatic nitrogens is 1. The van der Waals surface area contributed by atoms with Crippen LogP contribution < -0.4 is 5.73 Å². The first kappa shape index (κ1) is 13.6. The number of nitrogen functional groups attached to an aromatic ring is 1. The Bertz CT molecular complexity index is 470. The number of hydrogen-bond acceptors (Lipinski definition) is 7. The van der Waals surface area contributed by atoms with Gasteiger partial charge in [0.1, 0.15) is 5.82 Å². The van der Waals surface area contributed by atoms with Crippen molar-refractivity contribution in [2.75, 3.05) is 20.0 Å². The van der Waals surface area contributed by atoms with Gasteiger partial charge in [-0.2, -0.15) is 0 Å². The van der Waals surface area contributed by atoms with Gasteiger partial charge in [-0.15, -0.1) is 0 Å². The molecule has 18 heavy (non-hydrogen) atoms. The summed E-state index contributed by atoms with van der Waals surface area (Å²) in [5, 5.41) is 0. The van der Waals surface area contributed by atoms with Crippen LogP contribution in [-0.2, 0) is 19.1 Å². The van der Waals surface area contributed by atoms with Crippen LogP contribution >= 0.6 is 0 Å². The summed E-state index contributed by atoms with van der Waals surface area (Å²) in [6.45, 7) is 0. The third-order valence-electron chi connectivity index (χ3n) is 2.24. The average Bonchev–Trinajstić information content (AvgIpc) is 2.38. The zero-order chi connectivity index (χ0) is 13.7. The predicted molar refractivity (Wildman–Crippen MR) is 60.5 cm³/mol. The van der Waals surface area contributed by atoms with Gasteiger partial charge in [-0.3, -0.25) is 14.4 Å². The fourth-order valence-electron chi connectivity index (χ4n) is 1.33. The normalized spacial score (nSPS) is 9.94. The van der Waals surface area contributed by atoms with E-state index in [9.17, 15) is 14.4 Å². The summed E-state index contributed by atoms with van der Waals surface area (Å²) in [4.78, 5) is 38.6. The van der Waals surface area contributed by atoms with Gasteiger partial charge in [0.05, 0.1) is 19.8 Å². The highest BCUT2D eigenvalue weighted by Gasteiger charge is 2.37. The molecule has 96 valence electrons. The Labute approximate surface area is 103 Å². The monoisotopic (exact) mass is 252 g/mol. The molecule has 0 atom stereocenters. The lowest BCUT2D eigenvalue weighted by molar-refractivity contribution is -0.155. The number of pyridine rings is 1. The maximum Gasteiger partial charge on any atom is 0.328 e. The maximum atomic E-state index is 12.0. The van der Waals surface area contributed by atoms with Gasteiger partial charge in [-0.25, -0.2) is 4.98 Å². The third-order valence-corrected chi connectivity index (χ3v) is 2.24. The van der Waals surface area contributed by atoms with Crippen LogP contribution in [0.4, 0.5) is 5.82 Å². The molecule has 0 radical (unpaired) electrons. The summed E-state index contributed by atoms with van der Waals surface area (Å²) in [6.07, 6.45) is 1.39. The van der Waals surface area contributed by atoms with Crippen molar-refractivity contribution in [1.82, 2.24) is 4.98 Å². The van der Waals surface area contributed by atoms with Crippen molar-refractivity contribution in [1.29, 1.82) is 0 Å². The molecule has 0 aliphatic rings. The zero-order valence-electron chi connectivity index (χ0n) is 9.88. The molecule has 0 saturated heterocycles. The number of nitrogens with zero attached hydrogens (tertiary/aromatic N) is 1. The lowest BCUT2D eigenvalue weighted by Gasteiger charge is -2.12. The van der Waals surface area contributed by atoms with E-state index in [4.69, 9.17) is 5.73 Å². The van der Waals surface area contributed by atoms with E-state index in [1.165, 1.54) is 18.3 Å². The van der Waals surface area contributed by atoms with E-state index >= 15 is 0 Å². The predicted octanol–water partition coefficient (Wildman–Crippen LogP) is -0.191. The van der Waals surface area contributed by atoms with Crippen molar-refractivity contribution < 1.29 is 23.9 Å². The third kappa shape index (κ3) is 2.62. The van der Waals surface area contributed by atoms with Gasteiger partial charge < -0.3 is 15.2 Å². The first-order valence-electron chi connectivity index (χ1n) is 4.93. The SMILES string of the molecule is COC(=O)C(C(=O)OC)C(=O)c1cccnc1N. The number of carbonyl (C=O) groups is 3. The molecule has 1 heterocycles. The lowest BCUT2D eigenvalue weighted by atomic mass is 9.98. The summed E-state index contributed by atoms with van der Waals surface area (Å²) in [7, 11) is 2.14. The second-order valence-corrected chi connectivity index (χ2v) is 3.28. The Hall–Kier alpha value is -2.44. The van der Waals surface area contributed by atoms with E-state index < -0.39 is 23.6 Å². The van der Waals surface area contributed by atoms with Gasteiger partial charge in [0.2, 0.25) is 5.92 Å². The molecule has 0 aliphatic heterocycles. The summed E-state index contributed by atoms with van der Waals surface area (Å²) < 4.78 is 8.79. The van der Waals surface area contributed by atoms with Gasteiger partial charge in [0.25, 0.3) is 0 Å². The van der Waals surface area contributed by atoms with Crippen molar-refractivity contribution in [3.05, 3.63) is 23.9 Å². The minimum absolute atomic E-state index is 0.0294. The number of esters is 2. The number of ketones is 1. The Kier molecular flexibility index (Phi) is 4.36. The minimum atomic E-state index is -1.69. The number of methoxy groups -OCH3 is 2. The molecule has 1 aromatic rings. The van der Waals surface area contributed by atoms with Crippen molar-refractivity contribution in [3.63, 3.8) is 0 Å².